The molecule has 1 unspecified atom stereocenters. The molecule has 7 heteroatoms. The molecule has 0 spiro atoms. The van der Waals surface area contributed by atoms with E-state index in [1.807, 2.05) is 12.1 Å². The number of hydrogen-bond donors (Lipinski definition) is 1. The van der Waals surface area contributed by atoms with Gasteiger partial charge in [-0.3, -0.25) is 0 Å². The van der Waals surface area contributed by atoms with Crippen LogP contribution in [0.5, 0.6) is 5.75 Å². The van der Waals surface area contributed by atoms with E-state index in [0.29, 0.717) is 0 Å². The second kappa shape index (κ2) is 6.15. The number of hydrogen-bond acceptors (Lipinski definition) is 3. The molecule has 0 fully saturated rings. The monoisotopic (exact) mass is 365 g/mol. The summed E-state index contributed by atoms with van der Waals surface area (Å²) in [4.78, 5) is 1.07. The maximum absolute atomic E-state index is 12.1. The summed E-state index contributed by atoms with van der Waals surface area (Å²) in [5, 5.41) is 3.14. The van der Waals surface area contributed by atoms with Crippen LogP contribution in [0.15, 0.2) is 40.2 Å². The Labute approximate surface area is 126 Å². The third-order valence-electron chi connectivity index (χ3n) is 2.61. The van der Waals surface area contributed by atoms with Gasteiger partial charge in [-0.1, -0.05) is 12.1 Å². The van der Waals surface area contributed by atoms with Crippen molar-refractivity contribution in [2.45, 2.75) is 12.4 Å². The smallest absolute Gasteiger partial charge is 0.406 e. The van der Waals surface area contributed by atoms with E-state index >= 15 is 0 Å². The van der Waals surface area contributed by atoms with Gasteiger partial charge in [0, 0.05) is 4.88 Å². The van der Waals surface area contributed by atoms with Crippen molar-refractivity contribution in [1.29, 1.82) is 0 Å². The molecular formula is C13H11BrF3NOS. The van der Waals surface area contributed by atoms with Crippen LogP contribution in [0.25, 0.3) is 0 Å². The van der Waals surface area contributed by atoms with E-state index in [9.17, 15) is 13.2 Å². The van der Waals surface area contributed by atoms with Crippen molar-refractivity contribution in [1.82, 2.24) is 5.32 Å². The fraction of sp³-hybridized carbons (Fsp3) is 0.231. The quantitative estimate of drug-likeness (QED) is 0.846. The van der Waals surface area contributed by atoms with Crippen molar-refractivity contribution in [3.8, 4) is 5.75 Å². The molecule has 0 saturated heterocycles. The fourth-order valence-corrected chi connectivity index (χ4v) is 3.38. The summed E-state index contributed by atoms with van der Waals surface area (Å²) in [5.74, 6) is -0.219. The molecule has 108 valence electrons. The van der Waals surface area contributed by atoms with Crippen LogP contribution in [-0.4, -0.2) is 13.4 Å². The van der Waals surface area contributed by atoms with Gasteiger partial charge in [-0.05, 0) is 52.8 Å². The van der Waals surface area contributed by atoms with E-state index in [0.717, 1.165) is 14.2 Å². The number of ether oxygens (including phenoxy) is 1. The Morgan fingerprint density at radius 1 is 1.15 bits per heavy atom. The maximum Gasteiger partial charge on any atom is 0.573 e. The minimum atomic E-state index is -4.66. The van der Waals surface area contributed by atoms with E-state index in [2.05, 4.69) is 26.0 Å². The lowest BCUT2D eigenvalue weighted by Gasteiger charge is -2.16. The topological polar surface area (TPSA) is 21.3 Å². The zero-order valence-corrected chi connectivity index (χ0v) is 12.8. The van der Waals surface area contributed by atoms with Gasteiger partial charge in [0.25, 0.3) is 0 Å². The second-order valence-electron chi connectivity index (χ2n) is 3.98. The van der Waals surface area contributed by atoms with Gasteiger partial charge in [0.2, 0.25) is 0 Å². The van der Waals surface area contributed by atoms with Crippen molar-refractivity contribution in [2.75, 3.05) is 7.05 Å². The van der Waals surface area contributed by atoms with Crippen LogP contribution in [0.3, 0.4) is 0 Å². The standard InChI is InChI=1S/C13H11BrF3NOS/c1-18-12(10-6-7-11(14)20-10)8-2-4-9(5-3-8)19-13(15,16)17/h2-7,12,18H,1H3. The molecule has 0 bridgehead atoms. The van der Waals surface area contributed by atoms with Gasteiger partial charge in [-0.2, -0.15) is 0 Å². The molecule has 1 heterocycles. The number of rotatable bonds is 4. The van der Waals surface area contributed by atoms with Gasteiger partial charge in [0.05, 0.1) is 9.83 Å². The summed E-state index contributed by atoms with van der Waals surface area (Å²) in [5.41, 5.74) is 0.872. The Kier molecular flexibility index (Phi) is 4.72. The van der Waals surface area contributed by atoms with E-state index in [1.165, 1.54) is 12.1 Å². The minimum Gasteiger partial charge on any atom is -0.406 e. The van der Waals surface area contributed by atoms with Crippen LogP contribution >= 0.6 is 27.3 Å². The predicted octanol–water partition coefficient (Wildman–Crippen LogP) is 4.72. The first-order valence-electron chi connectivity index (χ1n) is 5.67. The fourth-order valence-electron chi connectivity index (χ4n) is 1.82. The van der Waals surface area contributed by atoms with Crippen LogP contribution in [0, 0.1) is 0 Å². The zero-order chi connectivity index (χ0) is 14.8. The molecule has 2 rings (SSSR count). The lowest BCUT2D eigenvalue weighted by molar-refractivity contribution is -0.274. The molecule has 0 amide bonds. The first-order valence-corrected chi connectivity index (χ1v) is 7.28. The summed E-state index contributed by atoms with van der Waals surface area (Å²) in [7, 11) is 1.80. The molecule has 0 aliphatic rings. The lowest BCUT2D eigenvalue weighted by Crippen LogP contribution is -2.18. The third-order valence-corrected chi connectivity index (χ3v) is 4.30. The Morgan fingerprint density at radius 3 is 2.25 bits per heavy atom. The van der Waals surface area contributed by atoms with Crippen molar-refractivity contribution < 1.29 is 17.9 Å². The largest absolute Gasteiger partial charge is 0.573 e. The van der Waals surface area contributed by atoms with Crippen molar-refractivity contribution in [3.05, 3.63) is 50.6 Å². The highest BCUT2D eigenvalue weighted by Crippen LogP contribution is 2.32. The zero-order valence-electron chi connectivity index (χ0n) is 10.4. The van der Waals surface area contributed by atoms with Crippen molar-refractivity contribution >= 4 is 27.3 Å². The number of alkyl halides is 3. The Hall–Kier alpha value is -1.05. The summed E-state index contributed by atoms with van der Waals surface area (Å²) in [6.07, 6.45) is -4.66. The van der Waals surface area contributed by atoms with Crippen LogP contribution in [0.1, 0.15) is 16.5 Å². The number of thiophene rings is 1. The van der Waals surface area contributed by atoms with Gasteiger partial charge >= 0.3 is 6.36 Å². The molecule has 1 atom stereocenters. The third kappa shape index (κ3) is 3.97. The molecule has 2 nitrogen and oxygen atoms in total. The highest BCUT2D eigenvalue weighted by molar-refractivity contribution is 9.11. The molecule has 0 saturated carbocycles. The highest BCUT2D eigenvalue weighted by Gasteiger charge is 2.31. The number of halogens is 4. The Balaban J connectivity index is 2.19. The lowest BCUT2D eigenvalue weighted by atomic mass is 10.1. The molecule has 1 aromatic heterocycles. The SMILES string of the molecule is CNC(c1ccc(OC(F)(F)F)cc1)c1ccc(Br)s1. The van der Waals surface area contributed by atoms with Gasteiger partial charge in [-0.15, -0.1) is 24.5 Å². The van der Waals surface area contributed by atoms with Gasteiger partial charge in [0.1, 0.15) is 5.75 Å². The maximum atomic E-state index is 12.1. The first-order chi connectivity index (χ1) is 9.39. The summed E-state index contributed by atoms with van der Waals surface area (Å²) in [6, 6.07) is 9.71. The van der Waals surface area contributed by atoms with Gasteiger partial charge in [-0.25, -0.2) is 0 Å². The molecule has 0 aliphatic heterocycles. The molecule has 1 N–H and O–H groups in total. The molecule has 2 aromatic rings. The molecule has 20 heavy (non-hydrogen) atoms. The average Bonchev–Trinajstić information content (AvgIpc) is 2.77. The number of benzene rings is 1. The highest BCUT2D eigenvalue weighted by atomic mass is 79.9. The first kappa shape index (κ1) is 15.3. The van der Waals surface area contributed by atoms with Crippen LogP contribution in [0.4, 0.5) is 13.2 Å². The van der Waals surface area contributed by atoms with E-state index in [4.69, 9.17) is 0 Å². The van der Waals surface area contributed by atoms with Gasteiger partial charge < -0.3 is 10.1 Å². The average molecular weight is 366 g/mol. The van der Waals surface area contributed by atoms with Crippen molar-refractivity contribution in [2.24, 2.45) is 0 Å². The predicted molar refractivity (Wildman–Crippen MR) is 76.0 cm³/mol. The number of nitrogens with one attached hydrogen (secondary N) is 1. The molecule has 0 radical (unpaired) electrons. The van der Waals surface area contributed by atoms with Crippen LogP contribution in [-0.2, 0) is 0 Å². The second-order valence-corrected chi connectivity index (χ2v) is 6.47. The van der Waals surface area contributed by atoms with E-state index in [-0.39, 0.29) is 11.8 Å². The van der Waals surface area contributed by atoms with Crippen LogP contribution in [0.2, 0.25) is 0 Å². The van der Waals surface area contributed by atoms with Gasteiger partial charge in [0.15, 0.2) is 0 Å². The molecular weight excluding hydrogens is 355 g/mol. The Morgan fingerprint density at radius 2 is 1.80 bits per heavy atom. The summed E-state index contributed by atoms with van der Waals surface area (Å²) in [6.45, 7) is 0. The Bertz CT molecular complexity index is 568. The van der Waals surface area contributed by atoms with E-state index < -0.39 is 6.36 Å². The molecule has 1 aromatic carbocycles. The normalized spacial score (nSPS) is 13.2. The minimum absolute atomic E-state index is 0.0637. The summed E-state index contributed by atoms with van der Waals surface area (Å²) >= 11 is 4.96. The van der Waals surface area contributed by atoms with Crippen LogP contribution < -0.4 is 10.1 Å². The van der Waals surface area contributed by atoms with Crippen molar-refractivity contribution in [3.63, 3.8) is 0 Å². The van der Waals surface area contributed by atoms with E-state index in [1.54, 1.807) is 30.5 Å². The molecule has 0 aliphatic carbocycles. The summed E-state index contributed by atoms with van der Waals surface area (Å²) < 4.78 is 41.1.